The Labute approximate surface area is 135 Å². The molecule has 0 unspecified atom stereocenters. The minimum Gasteiger partial charge on any atom is -0.492 e. The predicted molar refractivity (Wildman–Crippen MR) is 89.4 cm³/mol. The Balaban J connectivity index is 1.83. The molecule has 100 valence electrons. The summed E-state index contributed by atoms with van der Waals surface area (Å²) in [6.07, 6.45) is 0. The zero-order valence-corrected chi connectivity index (χ0v) is 14.3. The van der Waals surface area contributed by atoms with Crippen LogP contribution in [-0.2, 0) is 5.33 Å². The molecule has 0 saturated carbocycles. The fourth-order valence-corrected chi connectivity index (χ4v) is 3.22. The highest BCUT2D eigenvalue weighted by molar-refractivity contribution is 9.10. The Morgan fingerprint density at radius 1 is 1.05 bits per heavy atom. The minimum atomic E-state index is 0.710. The van der Waals surface area contributed by atoms with Crippen molar-refractivity contribution < 1.29 is 4.74 Å². The molecular formula is C15H14Br2OS. The van der Waals surface area contributed by atoms with Crippen LogP contribution in [0.2, 0.25) is 0 Å². The van der Waals surface area contributed by atoms with Crippen LogP contribution in [0.1, 0.15) is 5.56 Å². The van der Waals surface area contributed by atoms with Crippen molar-refractivity contribution in [2.24, 2.45) is 0 Å². The van der Waals surface area contributed by atoms with E-state index in [2.05, 4.69) is 62.2 Å². The lowest BCUT2D eigenvalue weighted by molar-refractivity contribution is 0.341. The van der Waals surface area contributed by atoms with Gasteiger partial charge in [0.05, 0.1) is 6.61 Å². The maximum absolute atomic E-state index is 5.83. The average Bonchev–Trinajstić information content (AvgIpc) is 2.46. The van der Waals surface area contributed by atoms with Crippen molar-refractivity contribution in [2.45, 2.75) is 10.2 Å². The molecule has 0 spiro atoms. The Morgan fingerprint density at radius 2 is 1.84 bits per heavy atom. The number of rotatable bonds is 6. The Morgan fingerprint density at radius 3 is 2.58 bits per heavy atom. The van der Waals surface area contributed by atoms with E-state index in [0.717, 1.165) is 21.3 Å². The van der Waals surface area contributed by atoms with Gasteiger partial charge in [0.1, 0.15) is 5.75 Å². The molecule has 0 fully saturated rings. The van der Waals surface area contributed by atoms with Gasteiger partial charge in [-0.3, -0.25) is 0 Å². The van der Waals surface area contributed by atoms with Crippen molar-refractivity contribution >= 4 is 43.6 Å². The van der Waals surface area contributed by atoms with Gasteiger partial charge in [-0.25, -0.2) is 0 Å². The van der Waals surface area contributed by atoms with Crippen LogP contribution in [-0.4, -0.2) is 12.4 Å². The Bertz CT molecular complexity index is 517. The molecule has 0 atom stereocenters. The first-order valence-electron chi connectivity index (χ1n) is 5.94. The first kappa shape index (κ1) is 14.9. The zero-order valence-electron chi connectivity index (χ0n) is 10.3. The van der Waals surface area contributed by atoms with Crippen molar-refractivity contribution in [3.05, 3.63) is 58.6 Å². The van der Waals surface area contributed by atoms with Gasteiger partial charge in [-0.2, -0.15) is 0 Å². The van der Waals surface area contributed by atoms with Crippen molar-refractivity contribution in [3.63, 3.8) is 0 Å². The second kappa shape index (κ2) is 7.98. The maximum Gasteiger partial charge on any atom is 0.123 e. The molecule has 0 bridgehead atoms. The van der Waals surface area contributed by atoms with Crippen LogP contribution in [0.3, 0.4) is 0 Å². The first-order chi connectivity index (χ1) is 9.29. The quantitative estimate of drug-likeness (QED) is 0.358. The van der Waals surface area contributed by atoms with Crippen LogP contribution in [0.25, 0.3) is 0 Å². The van der Waals surface area contributed by atoms with E-state index in [1.165, 1.54) is 10.5 Å². The fraction of sp³-hybridized carbons (Fsp3) is 0.200. The highest BCUT2D eigenvalue weighted by Gasteiger charge is 2.03. The van der Waals surface area contributed by atoms with E-state index in [0.29, 0.717) is 6.61 Å². The second-order valence-electron chi connectivity index (χ2n) is 3.90. The van der Waals surface area contributed by atoms with Gasteiger partial charge in [0, 0.05) is 26.0 Å². The van der Waals surface area contributed by atoms with Gasteiger partial charge < -0.3 is 4.74 Å². The molecule has 2 aromatic rings. The Hall–Kier alpha value is -0.450. The highest BCUT2D eigenvalue weighted by Crippen LogP contribution is 2.25. The normalized spacial score (nSPS) is 10.4. The van der Waals surface area contributed by atoms with Crippen LogP contribution < -0.4 is 4.74 Å². The van der Waals surface area contributed by atoms with E-state index in [1.54, 1.807) is 0 Å². The topological polar surface area (TPSA) is 9.23 Å². The van der Waals surface area contributed by atoms with E-state index in [4.69, 9.17) is 4.74 Å². The van der Waals surface area contributed by atoms with Gasteiger partial charge in [-0.15, -0.1) is 11.8 Å². The van der Waals surface area contributed by atoms with Crippen LogP contribution in [0.15, 0.2) is 57.9 Å². The monoisotopic (exact) mass is 400 g/mol. The number of alkyl halides is 1. The van der Waals surface area contributed by atoms with Gasteiger partial charge in [0.25, 0.3) is 0 Å². The highest BCUT2D eigenvalue weighted by atomic mass is 79.9. The average molecular weight is 402 g/mol. The maximum atomic E-state index is 5.83. The molecule has 0 heterocycles. The summed E-state index contributed by atoms with van der Waals surface area (Å²) in [6.45, 7) is 0.710. The molecule has 2 aromatic carbocycles. The lowest BCUT2D eigenvalue weighted by atomic mass is 10.2. The van der Waals surface area contributed by atoms with E-state index in [9.17, 15) is 0 Å². The lowest BCUT2D eigenvalue weighted by Crippen LogP contribution is -2.02. The SMILES string of the molecule is BrCc1cc(Br)ccc1OCCSc1ccccc1. The van der Waals surface area contributed by atoms with Gasteiger partial charge in [0.2, 0.25) is 0 Å². The van der Waals surface area contributed by atoms with Crippen LogP contribution in [0.4, 0.5) is 0 Å². The molecule has 0 radical (unpaired) electrons. The molecule has 0 aliphatic heterocycles. The number of hydrogen-bond donors (Lipinski definition) is 0. The molecule has 0 N–H and O–H groups in total. The van der Waals surface area contributed by atoms with Crippen molar-refractivity contribution in [3.8, 4) is 5.75 Å². The lowest BCUT2D eigenvalue weighted by Gasteiger charge is -2.10. The molecule has 4 heteroatoms. The fourth-order valence-electron chi connectivity index (χ4n) is 1.62. The summed E-state index contributed by atoms with van der Waals surface area (Å²) in [5.74, 6) is 1.90. The largest absolute Gasteiger partial charge is 0.492 e. The summed E-state index contributed by atoms with van der Waals surface area (Å²) >= 11 is 8.76. The summed E-state index contributed by atoms with van der Waals surface area (Å²) in [4.78, 5) is 1.28. The molecule has 0 aromatic heterocycles. The van der Waals surface area contributed by atoms with Crippen molar-refractivity contribution in [1.82, 2.24) is 0 Å². The number of halogens is 2. The number of thioether (sulfide) groups is 1. The third kappa shape index (κ3) is 4.86. The zero-order chi connectivity index (χ0) is 13.5. The molecule has 0 aliphatic carbocycles. The smallest absolute Gasteiger partial charge is 0.123 e. The molecule has 0 saturated heterocycles. The molecule has 19 heavy (non-hydrogen) atoms. The molecule has 0 aliphatic rings. The molecule has 0 amide bonds. The van der Waals surface area contributed by atoms with Gasteiger partial charge in [-0.1, -0.05) is 50.1 Å². The number of benzene rings is 2. The van der Waals surface area contributed by atoms with Gasteiger partial charge >= 0.3 is 0 Å². The minimum absolute atomic E-state index is 0.710. The van der Waals surface area contributed by atoms with E-state index in [1.807, 2.05) is 30.0 Å². The Kier molecular flexibility index (Phi) is 6.28. The van der Waals surface area contributed by atoms with E-state index >= 15 is 0 Å². The summed E-state index contributed by atoms with van der Waals surface area (Å²) in [6, 6.07) is 16.5. The number of hydrogen-bond acceptors (Lipinski definition) is 2. The molecular weight excluding hydrogens is 388 g/mol. The van der Waals surface area contributed by atoms with Crippen molar-refractivity contribution in [2.75, 3.05) is 12.4 Å². The molecule has 2 rings (SSSR count). The predicted octanol–water partition coefficient (Wildman–Crippen LogP) is 5.52. The molecule has 1 nitrogen and oxygen atoms in total. The third-order valence-corrected chi connectivity index (χ3v) is 4.59. The third-order valence-electron chi connectivity index (χ3n) is 2.52. The second-order valence-corrected chi connectivity index (χ2v) is 6.54. The first-order valence-corrected chi connectivity index (χ1v) is 8.84. The summed E-state index contributed by atoms with van der Waals surface area (Å²) in [7, 11) is 0. The number of ether oxygens (including phenoxy) is 1. The van der Waals surface area contributed by atoms with Crippen molar-refractivity contribution in [1.29, 1.82) is 0 Å². The van der Waals surface area contributed by atoms with Gasteiger partial charge in [0.15, 0.2) is 0 Å². The summed E-state index contributed by atoms with van der Waals surface area (Å²) in [5, 5.41) is 0.799. The van der Waals surface area contributed by atoms with Crippen LogP contribution in [0, 0.1) is 0 Å². The van der Waals surface area contributed by atoms with Gasteiger partial charge in [-0.05, 0) is 30.3 Å². The van der Waals surface area contributed by atoms with E-state index in [-0.39, 0.29) is 0 Å². The summed E-state index contributed by atoms with van der Waals surface area (Å²) < 4.78 is 6.91. The van der Waals surface area contributed by atoms with E-state index < -0.39 is 0 Å². The standard InChI is InChI=1S/C15H14Br2OS/c16-11-12-10-13(17)6-7-15(12)18-8-9-19-14-4-2-1-3-5-14/h1-7,10H,8-9,11H2. The van der Waals surface area contributed by atoms with Crippen LogP contribution in [0.5, 0.6) is 5.75 Å². The summed E-state index contributed by atoms with van der Waals surface area (Å²) in [5.41, 5.74) is 1.17. The van der Waals surface area contributed by atoms with Crippen LogP contribution >= 0.6 is 43.6 Å².